The van der Waals surface area contributed by atoms with Gasteiger partial charge in [0.1, 0.15) is 5.82 Å². The van der Waals surface area contributed by atoms with E-state index in [0.29, 0.717) is 11.3 Å². The van der Waals surface area contributed by atoms with Gasteiger partial charge in [0.25, 0.3) is 0 Å². The Labute approximate surface area is 134 Å². The van der Waals surface area contributed by atoms with Gasteiger partial charge >= 0.3 is 0 Å². The molecular formula is C16H17FN2O3S. The summed E-state index contributed by atoms with van der Waals surface area (Å²) in [7, 11) is -3.61. The Kier molecular flexibility index (Phi) is 5.70. The van der Waals surface area contributed by atoms with Gasteiger partial charge in [-0.3, -0.25) is 9.52 Å². The number of para-hydroxylation sites is 1. The van der Waals surface area contributed by atoms with E-state index in [2.05, 4.69) is 10.0 Å². The van der Waals surface area contributed by atoms with Crippen molar-refractivity contribution in [3.63, 3.8) is 0 Å². The Balaban J connectivity index is 1.81. The standard InChI is InChI=1S/C16H17FN2O3S/c17-15-9-5-4-6-13(15)12-18-16(20)10-11-23(21,22)19-14-7-2-1-3-8-14/h1-9,19H,10-12H2,(H,18,20). The highest BCUT2D eigenvalue weighted by atomic mass is 32.2. The molecule has 1 amide bonds. The lowest BCUT2D eigenvalue weighted by Gasteiger charge is -2.09. The highest BCUT2D eigenvalue weighted by Crippen LogP contribution is 2.09. The summed E-state index contributed by atoms with van der Waals surface area (Å²) in [6.45, 7) is 0.0255. The van der Waals surface area contributed by atoms with Crippen LogP contribution in [0, 0.1) is 5.82 Å². The summed E-state index contributed by atoms with van der Waals surface area (Å²) in [5, 5.41) is 2.51. The van der Waals surface area contributed by atoms with Crippen LogP contribution in [0.4, 0.5) is 10.1 Å². The monoisotopic (exact) mass is 336 g/mol. The second-order valence-corrected chi connectivity index (χ2v) is 6.75. The average molecular weight is 336 g/mol. The maximum atomic E-state index is 13.4. The number of nitrogens with one attached hydrogen (secondary N) is 2. The quantitative estimate of drug-likeness (QED) is 0.814. The van der Waals surface area contributed by atoms with Gasteiger partial charge < -0.3 is 5.32 Å². The van der Waals surface area contributed by atoms with Gasteiger partial charge in [-0.25, -0.2) is 12.8 Å². The first-order valence-corrected chi connectivity index (χ1v) is 8.67. The Morgan fingerprint density at radius 2 is 1.65 bits per heavy atom. The zero-order chi connectivity index (χ0) is 16.7. The summed E-state index contributed by atoms with van der Waals surface area (Å²) in [6.07, 6.45) is -0.198. The van der Waals surface area contributed by atoms with E-state index in [1.165, 1.54) is 6.07 Å². The number of carbonyl (C=O) groups is 1. The molecule has 0 saturated heterocycles. The largest absolute Gasteiger partial charge is 0.352 e. The number of carbonyl (C=O) groups excluding carboxylic acids is 1. The zero-order valence-electron chi connectivity index (χ0n) is 12.3. The minimum Gasteiger partial charge on any atom is -0.352 e. The van der Waals surface area contributed by atoms with Crippen molar-refractivity contribution in [1.29, 1.82) is 0 Å². The lowest BCUT2D eigenvalue weighted by atomic mass is 10.2. The van der Waals surface area contributed by atoms with Crippen molar-refractivity contribution in [2.75, 3.05) is 10.5 Å². The van der Waals surface area contributed by atoms with Crippen LogP contribution in [-0.2, 0) is 21.4 Å². The second kappa shape index (κ2) is 7.73. The minimum atomic E-state index is -3.61. The normalized spacial score (nSPS) is 11.0. The molecule has 0 atom stereocenters. The maximum absolute atomic E-state index is 13.4. The number of amides is 1. The summed E-state index contributed by atoms with van der Waals surface area (Å²) in [5.74, 6) is -1.21. The van der Waals surface area contributed by atoms with Crippen LogP contribution in [0.3, 0.4) is 0 Å². The summed E-state index contributed by atoms with van der Waals surface area (Å²) in [6, 6.07) is 14.5. The van der Waals surface area contributed by atoms with E-state index >= 15 is 0 Å². The fraction of sp³-hybridized carbons (Fsp3) is 0.188. The number of benzene rings is 2. The number of hydrogen-bond acceptors (Lipinski definition) is 3. The molecule has 0 unspecified atom stereocenters. The summed E-state index contributed by atoms with van der Waals surface area (Å²) >= 11 is 0. The molecule has 0 aliphatic heterocycles. The molecule has 23 heavy (non-hydrogen) atoms. The lowest BCUT2D eigenvalue weighted by Crippen LogP contribution is -2.27. The van der Waals surface area contributed by atoms with Gasteiger partial charge in [-0.05, 0) is 18.2 Å². The Morgan fingerprint density at radius 3 is 2.35 bits per heavy atom. The average Bonchev–Trinajstić information content (AvgIpc) is 2.53. The van der Waals surface area contributed by atoms with E-state index in [9.17, 15) is 17.6 Å². The molecule has 0 aromatic heterocycles. The van der Waals surface area contributed by atoms with Gasteiger partial charge in [-0.1, -0.05) is 36.4 Å². The van der Waals surface area contributed by atoms with E-state index in [1.807, 2.05) is 0 Å². The van der Waals surface area contributed by atoms with Crippen molar-refractivity contribution >= 4 is 21.6 Å². The Bertz CT molecular complexity index is 764. The van der Waals surface area contributed by atoms with Crippen LogP contribution in [0.1, 0.15) is 12.0 Å². The first-order valence-electron chi connectivity index (χ1n) is 7.02. The van der Waals surface area contributed by atoms with Gasteiger partial charge in [0.2, 0.25) is 15.9 Å². The van der Waals surface area contributed by atoms with Crippen molar-refractivity contribution < 1.29 is 17.6 Å². The van der Waals surface area contributed by atoms with Crippen molar-refractivity contribution in [2.24, 2.45) is 0 Å². The number of sulfonamides is 1. The summed E-state index contributed by atoms with van der Waals surface area (Å²) in [4.78, 5) is 11.7. The molecule has 0 aliphatic carbocycles. The molecule has 2 aromatic carbocycles. The molecule has 0 fully saturated rings. The van der Waals surface area contributed by atoms with Crippen molar-refractivity contribution in [1.82, 2.24) is 5.32 Å². The summed E-state index contributed by atoms with van der Waals surface area (Å²) < 4.78 is 39.6. The molecule has 0 spiro atoms. The first-order chi connectivity index (χ1) is 11.0. The molecule has 7 heteroatoms. The molecule has 2 N–H and O–H groups in total. The molecule has 0 aliphatic rings. The van der Waals surface area contributed by atoms with Crippen LogP contribution in [0.25, 0.3) is 0 Å². The second-order valence-electron chi connectivity index (χ2n) is 4.91. The van der Waals surface area contributed by atoms with Crippen molar-refractivity contribution in [3.8, 4) is 0 Å². The lowest BCUT2D eigenvalue weighted by molar-refractivity contribution is -0.120. The van der Waals surface area contributed by atoms with E-state index in [0.717, 1.165) is 0 Å². The topological polar surface area (TPSA) is 75.3 Å². The SMILES string of the molecule is O=C(CCS(=O)(=O)Nc1ccccc1)NCc1ccccc1F. The van der Waals surface area contributed by atoms with Crippen LogP contribution >= 0.6 is 0 Å². The number of rotatable bonds is 7. The maximum Gasteiger partial charge on any atom is 0.233 e. The van der Waals surface area contributed by atoms with Crippen molar-refractivity contribution in [2.45, 2.75) is 13.0 Å². The molecule has 2 aromatic rings. The molecule has 0 bridgehead atoms. The fourth-order valence-electron chi connectivity index (χ4n) is 1.89. The minimum absolute atomic E-state index is 0.0255. The number of anilines is 1. The van der Waals surface area contributed by atoms with Crippen LogP contribution in [0.15, 0.2) is 54.6 Å². The smallest absolute Gasteiger partial charge is 0.233 e. The zero-order valence-corrected chi connectivity index (χ0v) is 13.1. The first kappa shape index (κ1) is 17.0. The predicted molar refractivity (Wildman–Crippen MR) is 86.7 cm³/mol. The van der Waals surface area contributed by atoms with Gasteiger partial charge in [0.05, 0.1) is 5.75 Å². The van der Waals surface area contributed by atoms with Gasteiger partial charge in [-0.2, -0.15) is 0 Å². The van der Waals surface area contributed by atoms with Crippen molar-refractivity contribution in [3.05, 3.63) is 66.0 Å². The van der Waals surface area contributed by atoms with E-state index < -0.39 is 21.7 Å². The molecule has 0 radical (unpaired) electrons. The van der Waals surface area contributed by atoms with E-state index in [-0.39, 0.29) is 18.7 Å². The molecule has 122 valence electrons. The molecular weight excluding hydrogens is 319 g/mol. The van der Waals surface area contributed by atoms with E-state index in [1.54, 1.807) is 48.5 Å². The van der Waals surface area contributed by atoms with Gasteiger partial charge in [0, 0.05) is 24.2 Å². The fourth-order valence-corrected chi connectivity index (χ4v) is 2.94. The van der Waals surface area contributed by atoms with Crippen LogP contribution in [0.2, 0.25) is 0 Å². The number of hydrogen-bond donors (Lipinski definition) is 2. The Morgan fingerprint density at radius 1 is 1.00 bits per heavy atom. The van der Waals surface area contributed by atoms with Gasteiger partial charge in [0.15, 0.2) is 0 Å². The Hall–Kier alpha value is -2.41. The molecule has 0 saturated carbocycles. The molecule has 5 nitrogen and oxygen atoms in total. The predicted octanol–water partition coefficient (Wildman–Crippen LogP) is 2.27. The highest BCUT2D eigenvalue weighted by Gasteiger charge is 2.13. The van der Waals surface area contributed by atoms with Crippen LogP contribution in [0.5, 0.6) is 0 Å². The van der Waals surface area contributed by atoms with Crippen LogP contribution < -0.4 is 10.0 Å². The third-order valence-corrected chi connectivity index (χ3v) is 4.37. The number of halogens is 1. The summed E-state index contributed by atoms with van der Waals surface area (Å²) in [5.41, 5.74) is 0.797. The molecule has 2 rings (SSSR count). The van der Waals surface area contributed by atoms with E-state index in [4.69, 9.17) is 0 Å². The third-order valence-electron chi connectivity index (χ3n) is 3.08. The third kappa shape index (κ3) is 5.71. The highest BCUT2D eigenvalue weighted by molar-refractivity contribution is 7.92. The van der Waals surface area contributed by atoms with Gasteiger partial charge in [-0.15, -0.1) is 0 Å². The molecule has 0 heterocycles. The van der Waals surface area contributed by atoms with Crippen LogP contribution in [-0.4, -0.2) is 20.1 Å².